The van der Waals surface area contributed by atoms with Gasteiger partial charge in [-0.15, -0.1) is 5.10 Å². The van der Waals surface area contributed by atoms with Gasteiger partial charge in [0.1, 0.15) is 5.82 Å². The van der Waals surface area contributed by atoms with Crippen LogP contribution < -0.4 is 0 Å². The molecule has 5 rings (SSSR count). The zero-order valence-electron chi connectivity index (χ0n) is 16.6. The normalized spacial score (nSPS) is 18.7. The van der Waals surface area contributed by atoms with Crippen molar-refractivity contribution in [1.82, 2.24) is 24.5 Å². The Hall–Kier alpha value is -2.48. The average Bonchev–Trinajstić information content (AvgIpc) is 3.27. The fourth-order valence-electron chi connectivity index (χ4n) is 4.39. The van der Waals surface area contributed by atoms with Gasteiger partial charge in [0.25, 0.3) is 0 Å². The van der Waals surface area contributed by atoms with E-state index < -0.39 is 0 Å². The van der Waals surface area contributed by atoms with Crippen molar-refractivity contribution < 1.29 is 5.11 Å². The summed E-state index contributed by atoms with van der Waals surface area (Å²) in [5.41, 5.74) is 2.24. The van der Waals surface area contributed by atoms with E-state index in [4.69, 9.17) is 11.6 Å². The van der Waals surface area contributed by atoms with Gasteiger partial charge in [-0.05, 0) is 55.6 Å². The molecule has 1 fully saturated rings. The van der Waals surface area contributed by atoms with E-state index in [2.05, 4.69) is 32.1 Å². The summed E-state index contributed by atoms with van der Waals surface area (Å²) in [5.74, 6) is 0.796. The molecule has 2 unspecified atom stereocenters. The second-order valence-corrected chi connectivity index (χ2v) is 9.08. The summed E-state index contributed by atoms with van der Waals surface area (Å²) < 4.78 is 1.54. The highest BCUT2D eigenvalue weighted by Crippen LogP contribution is 2.45. The van der Waals surface area contributed by atoms with Crippen LogP contribution in [0.1, 0.15) is 53.2 Å². The molecule has 0 aliphatic carbocycles. The van der Waals surface area contributed by atoms with Crippen LogP contribution in [0.25, 0.3) is 4.96 Å². The fourth-order valence-corrected chi connectivity index (χ4v) is 5.74. The molecule has 30 heavy (non-hydrogen) atoms. The number of aryl methyl sites for hydroxylation is 1. The first kappa shape index (κ1) is 19.5. The lowest BCUT2D eigenvalue weighted by Crippen LogP contribution is -2.37. The minimum Gasteiger partial charge on any atom is -0.492 e. The van der Waals surface area contributed by atoms with Crippen molar-refractivity contribution in [3.63, 3.8) is 0 Å². The summed E-state index contributed by atoms with van der Waals surface area (Å²) in [6, 6.07) is 12.1. The van der Waals surface area contributed by atoms with Crippen LogP contribution in [-0.2, 0) is 0 Å². The molecule has 3 aromatic heterocycles. The number of benzene rings is 1. The molecule has 0 radical (unpaired) electrons. The van der Waals surface area contributed by atoms with Gasteiger partial charge in [-0.25, -0.2) is 4.98 Å². The number of rotatable bonds is 4. The van der Waals surface area contributed by atoms with Gasteiger partial charge in [0.15, 0.2) is 0 Å². The van der Waals surface area contributed by atoms with Crippen LogP contribution in [-0.4, -0.2) is 36.1 Å². The predicted octanol–water partition coefficient (Wildman–Crippen LogP) is 5.17. The molecule has 0 bridgehead atoms. The molecule has 6 nitrogen and oxygen atoms in total. The molecule has 1 saturated heterocycles. The van der Waals surface area contributed by atoms with Gasteiger partial charge in [-0.3, -0.25) is 9.88 Å². The predicted molar refractivity (Wildman–Crippen MR) is 118 cm³/mol. The number of hydrogen-bond donors (Lipinski definition) is 1. The average molecular weight is 440 g/mol. The van der Waals surface area contributed by atoms with E-state index in [9.17, 15) is 5.11 Å². The van der Waals surface area contributed by atoms with Crippen molar-refractivity contribution in [3.05, 3.63) is 75.6 Å². The van der Waals surface area contributed by atoms with Crippen molar-refractivity contribution in [2.45, 2.75) is 38.3 Å². The van der Waals surface area contributed by atoms with Gasteiger partial charge >= 0.3 is 0 Å². The number of thiazole rings is 1. The third-order valence-corrected chi connectivity index (χ3v) is 6.97. The summed E-state index contributed by atoms with van der Waals surface area (Å²) in [5, 5.41) is 16.1. The summed E-state index contributed by atoms with van der Waals surface area (Å²) >= 11 is 7.85. The van der Waals surface area contributed by atoms with Gasteiger partial charge in [0.2, 0.25) is 10.8 Å². The number of nitrogens with zero attached hydrogens (tertiary/aromatic N) is 5. The van der Waals surface area contributed by atoms with E-state index in [1.54, 1.807) is 6.20 Å². The Balaban J connectivity index is 1.67. The van der Waals surface area contributed by atoms with Gasteiger partial charge in [0, 0.05) is 23.5 Å². The van der Waals surface area contributed by atoms with Crippen LogP contribution in [0.3, 0.4) is 0 Å². The molecule has 1 aromatic carbocycles. The highest BCUT2D eigenvalue weighted by molar-refractivity contribution is 7.17. The van der Waals surface area contributed by atoms with Gasteiger partial charge < -0.3 is 5.11 Å². The third kappa shape index (κ3) is 3.47. The first-order chi connectivity index (χ1) is 14.6. The second-order valence-electron chi connectivity index (χ2n) is 7.64. The molecule has 0 spiro atoms. The molecule has 0 amide bonds. The summed E-state index contributed by atoms with van der Waals surface area (Å²) in [4.78, 5) is 12.8. The third-order valence-electron chi connectivity index (χ3n) is 5.66. The number of hydrogen-bond acceptors (Lipinski definition) is 6. The highest BCUT2D eigenvalue weighted by atomic mass is 35.5. The van der Waals surface area contributed by atoms with E-state index in [0.717, 1.165) is 29.8 Å². The van der Waals surface area contributed by atoms with Crippen molar-refractivity contribution in [2.75, 3.05) is 6.54 Å². The second kappa shape index (κ2) is 7.98. The lowest BCUT2D eigenvalue weighted by atomic mass is 9.92. The topological polar surface area (TPSA) is 66.5 Å². The Bertz CT molecular complexity index is 1170. The Labute approximate surface area is 183 Å². The Morgan fingerprint density at radius 3 is 2.90 bits per heavy atom. The molecular weight excluding hydrogens is 418 g/mol. The molecule has 154 valence electrons. The van der Waals surface area contributed by atoms with Crippen LogP contribution in [0.2, 0.25) is 5.02 Å². The minimum absolute atomic E-state index is 0.149. The summed E-state index contributed by atoms with van der Waals surface area (Å²) in [6.07, 6.45) is 7.07. The van der Waals surface area contributed by atoms with E-state index in [0.29, 0.717) is 15.8 Å². The zero-order valence-corrected chi connectivity index (χ0v) is 18.1. The van der Waals surface area contributed by atoms with E-state index >= 15 is 0 Å². The number of pyridine rings is 1. The zero-order chi connectivity index (χ0) is 20.7. The molecule has 8 heteroatoms. The largest absolute Gasteiger partial charge is 0.492 e. The highest BCUT2D eigenvalue weighted by Gasteiger charge is 2.35. The fraction of sp³-hybridized carbons (Fsp3) is 0.318. The number of aromatic nitrogens is 4. The molecule has 1 aliphatic rings. The summed E-state index contributed by atoms with van der Waals surface area (Å²) in [6.45, 7) is 2.75. The summed E-state index contributed by atoms with van der Waals surface area (Å²) in [7, 11) is 0. The van der Waals surface area contributed by atoms with Crippen molar-refractivity contribution in [3.8, 4) is 5.88 Å². The molecule has 1 N–H and O–H groups in total. The Morgan fingerprint density at radius 2 is 2.13 bits per heavy atom. The molecule has 0 saturated carbocycles. The maximum absolute atomic E-state index is 11.1. The minimum atomic E-state index is -0.150. The monoisotopic (exact) mass is 439 g/mol. The van der Waals surface area contributed by atoms with Gasteiger partial charge in [-0.2, -0.15) is 4.52 Å². The molecule has 2 atom stereocenters. The molecular formula is C22H22ClN5OS. The van der Waals surface area contributed by atoms with Crippen molar-refractivity contribution in [1.29, 1.82) is 0 Å². The lowest BCUT2D eigenvalue weighted by molar-refractivity contribution is 0.113. The van der Waals surface area contributed by atoms with Gasteiger partial charge in [-0.1, -0.05) is 47.6 Å². The Morgan fingerprint density at radius 1 is 1.23 bits per heavy atom. The number of halogens is 1. The van der Waals surface area contributed by atoms with Crippen LogP contribution in [0.4, 0.5) is 0 Å². The van der Waals surface area contributed by atoms with Gasteiger partial charge in [0.05, 0.1) is 10.9 Å². The maximum atomic E-state index is 11.1. The van der Waals surface area contributed by atoms with Crippen LogP contribution in [0.5, 0.6) is 5.88 Å². The van der Waals surface area contributed by atoms with Crippen LogP contribution in [0.15, 0.2) is 48.8 Å². The van der Waals surface area contributed by atoms with E-state index in [-0.39, 0.29) is 18.0 Å². The number of likely N-dealkylation sites (tertiary alicyclic amines) is 1. The van der Waals surface area contributed by atoms with Crippen LogP contribution in [0, 0.1) is 6.92 Å². The first-order valence-corrected chi connectivity index (χ1v) is 11.3. The molecule has 4 aromatic rings. The van der Waals surface area contributed by atoms with Crippen molar-refractivity contribution in [2.24, 2.45) is 0 Å². The molecule has 4 heterocycles. The first-order valence-electron chi connectivity index (χ1n) is 10.1. The lowest BCUT2D eigenvalue weighted by Gasteiger charge is -2.41. The van der Waals surface area contributed by atoms with Crippen molar-refractivity contribution >= 4 is 27.9 Å². The van der Waals surface area contributed by atoms with Crippen LogP contribution >= 0.6 is 22.9 Å². The molecule has 1 aliphatic heterocycles. The Kier molecular flexibility index (Phi) is 5.18. The number of aromatic hydroxyl groups is 1. The number of piperidine rings is 1. The standard InChI is InChI=1S/C22H22ClN5OS/c1-14-25-22-28(26-14)21(29)20(30-22)19(15-6-4-8-17(23)12-15)27-11-3-2-9-18(27)16-7-5-10-24-13-16/h4-8,10,12-13,18-19,29H,2-3,9,11H2,1H3. The maximum Gasteiger partial charge on any atom is 0.230 e. The number of fused-ring (bicyclic) bond motifs is 1. The SMILES string of the molecule is Cc1nc2sc(C(c3cccc(Cl)c3)N3CCCCC3c3cccnc3)c(O)n2n1. The quantitative estimate of drug-likeness (QED) is 0.475. The van der Waals surface area contributed by atoms with E-state index in [1.807, 2.05) is 37.4 Å². The smallest absolute Gasteiger partial charge is 0.230 e. The van der Waals surface area contributed by atoms with E-state index in [1.165, 1.54) is 27.8 Å².